The second kappa shape index (κ2) is 17.2. The fourth-order valence-electron chi connectivity index (χ4n) is 2.66. The standard InChI is InChI=1S/C16H36P.ClFHO4P/c1-5-9-13-17(14-10-6-2,15-11-7-3)16-12-8-4;1-5-7(3,4)6-2/h5-16H2,1-4H3;(H,3,4)/q+1;/p-1. The average Bonchev–Trinajstić information content (AvgIpc) is 2.61. The molecule has 24 heavy (non-hydrogen) atoms. The van der Waals surface area contributed by atoms with Crippen LogP contribution in [-0.4, -0.2) is 24.6 Å². The molecule has 8 heteroatoms. The van der Waals surface area contributed by atoms with Gasteiger partial charge in [0.05, 0.1) is 36.5 Å². The van der Waals surface area contributed by atoms with Crippen molar-refractivity contribution in [3.05, 3.63) is 0 Å². The minimum atomic E-state index is -4.81. The SMILES string of the molecule is CCCC[P+](CCCC)(CCCC)CCCC.O=P([O-])(OF)OCl. The molecule has 0 radical (unpaired) electrons. The Hall–Kier alpha value is 0.760. The summed E-state index contributed by atoms with van der Waals surface area (Å²) in [6, 6.07) is 0. The van der Waals surface area contributed by atoms with Gasteiger partial charge < -0.3 is 4.89 Å². The Balaban J connectivity index is 0. The van der Waals surface area contributed by atoms with Crippen molar-refractivity contribution in [3.8, 4) is 0 Å². The first-order chi connectivity index (χ1) is 11.4. The summed E-state index contributed by atoms with van der Waals surface area (Å²) in [5.74, 6) is 0. The van der Waals surface area contributed by atoms with Crippen LogP contribution in [0.2, 0.25) is 0 Å². The predicted molar refractivity (Wildman–Crippen MR) is 103 cm³/mol. The molecule has 0 aromatic rings. The van der Waals surface area contributed by atoms with Crippen LogP contribution in [-0.2, 0) is 13.4 Å². The molecule has 0 saturated carbocycles. The zero-order chi connectivity index (χ0) is 18.9. The Labute approximate surface area is 153 Å². The van der Waals surface area contributed by atoms with Gasteiger partial charge in [-0.1, -0.05) is 53.4 Å². The number of hydrogen-bond acceptors (Lipinski definition) is 4. The van der Waals surface area contributed by atoms with Gasteiger partial charge in [-0.15, -0.1) is 4.73 Å². The van der Waals surface area contributed by atoms with E-state index in [0.717, 1.165) is 0 Å². The molecule has 0 aliphatic heterocycles. The Morgan fingerprint density at radius 1 is 0.875 bits per heavy atom. The Morgan fingerprint density at radius 2 is 1.17 bits per heavy atom. The molecule has 0 bridgehead atoms. The van der Waals surface area contributed by atoms with E-state index in [0.29, 0.717) is 0 Å². The summed E-state index contributed by atoms with van der Waals surface area (Å²) < 4.78 is 25.1. The molecule has 0 aliphatic carbocycles. The van der Waals surface area contributed by atoms with Crippen molar-refractivity contribution in [2.45, 2.75) is 79.1 Å². The molecule has 4 nitrogen and oxygen atoms in total. The van der Waals surface area contributed by atoms with Gasteiger partial charge in [0, 0.05) is 7.26 Å². The quantitative estimate of drug-likeness (QED) is 0.299. The van der Waals surface area contributed by atoms with E-state index in [4.69, 9.17) is 0 Å². The number of unbranched alkanes of at least 4 members (excludes halogenated alkanes) is 4. The van der Waals surface area contributed by atoms with Crippen LogP contribution in [0, 0.1) is 0 Å². The lowest BCUT2D eigenvalue weighted by molar-refractivity contribution is -0.244. The second-order valence-corrected chi connectivity index (χ2v) is 12.3. The summed E-state index contributed by atoms with van der Waals surface area (Å²) in [5.41, 5.74) is 0. The predicted octanol–water partition coefficient (Wildman–Crippen LogP) is 6.73. The van der Waals surface area contributed by atoms with Gasteiger partial charge in [-0.3, -0.25) is 4.57 Å². The third kappa shape index (κ3) is 15.0. The highest BCUT2D eigenvalue weighted by Crippen LogP contribution is 2.61. The van der Waals surface area contributed by atoms with E-state index in [9.17, 15) is 14.0 Å². The smallest absolute Gasteiger partial charge is 0.319 e. The van der Waals surface area contributed by atoms with Crippen LogP contribution in [0.1, 0.15) is 79.1 Å². The highest BCUT2D eigenvalue weighted by molar-refractivity contribution is 7.75. The summed E-state index contributed by atoms with van der Waals surface area (Å²) in [6.07, 6.45) is 17.9. The Kier molecular flexibility index (Phi) is 19.3. The second-order valence-electron chi connectivity index (χ2n) is 6.24. The maximum atomic E-state index is 10.5. The average molecular weight is 409 g/mol. The van der Waals surface area contributed by atoms with E-state index >= 15 is 0 Å². The molecule has 0 rings (SSSR count). The molecule has 0 fully saturated rings. The van der Waals surface area contributed by atoms with Crippen molar-refractivity contribution in [3.63, 3.8) is 0 Å². The van der Waals surface area contributed by atoms with Gasteiger partial charge in [0.2, 0.25) is 0 Å². The summed E-state index contributed by atoms with van der Waals surface area (Å²) in [7, 11) is -5.37. The molecule has 0 saturated heterocycles. The van der Waals surface area contributed by atoms with Gasteiger partial charge in [-0.05, 0) is 30.2 Å². The van der Waals surface area contributed by atoms with Crippen LogP contribution in [0.4, 0.5) is 4.53 Å². The molecule has 1 unspecified atom stereocenters. The van der Waals surface area contributed by atoms with Gasteiger partial charge in [0.25, 0.3) is 0 Å². The Morgan fingerprint density at radius 3 is 1.29 bits per heavy atom. The lowest BCUT2D eigenvalue weighted by Gasteiger charge is -2.28. The molecule has 0 N–H and O–H groups in total. The molecule has 0 aliphatic rings. The molecular formula is C16H36ClFO4P2. The molecule has 148 valence electrons. The van der Waals surface area contributed by atoms with Gasteiger partial charge in [0.1, 0.15) is 0 Å². The van der Waals surface area contributed by atoms with Crippen molar-refractivity contribution in [1.82, 2.24) is 0 Å². The molecular weight excluding hydrogens is 373 g/mol. The largest absolute Gasteiger partial charge is 0.753 e. The van der Waals surface area contributed by atoms with Crippen LogP contribution in [0.3, 0.4) is 0 Å². The van der Waals surface area contributed by atoms with Crippen LogP contribution in [0.25, 0.3) is 0 Å². The van der Waals surface area contributed by atoms with Crippen LogP contribution in [0.15, 0.2) is 0 Å². The van der Waals surface area contributed by atoms with Crippen LogP contribution in [0.5, 0.6) is 0 Å². The fourth-order valence-corrected chi connectivity index (χ4v) is 8.03. The minimum absolute atomic E-state index is 0.562. The lowest BCUT2D eigenvalue weighted by Crippen LogP contribution is -2.12. The molecule has 0 aromatic carbocycles. The van der Waals surface area contributed by atoms with Crippen LogP contribution < -0.4 is 4.89 Å². The number of rotatable bonds is 14. The number of hydrogen-bond donors (Lipinski definition) is 0. The Bertz CT molecular complexity index is 277. The van der Waals surface area contributed by atoms with Crippen molar-refractivity contribution < 1.29 is 22.8 Å². The lowest BCUT2D eigenvalue weighted by atomic mass is 10.4. The number of halogens is 2. The van der Waals surface area contributed by atoms with E-state index < -0.39 is 15.1 Å². The first-order valence-corrected chi connectivity index (χ1v) is 13.4. The van der Waals surface area contributed by atoms with Gasteiger partial charge in [0.15, 0.2) is 0 Å². The molecule has 1 atom stereocenters. The number of phosphoric acid groups is 1. The van der Waals surface area contributed by atoms with Crippen molar-refractivity contribution in [2.24, 2.45) is 0 Å². The molecule has 0 aromatic heterocycles. The summed E-state index contributed by atoms with van der Waals surface area (Å²) in [5, 5.41) is 0. The fraction of sp³-hybridized carbons (Fsp3) is 1.00. The van der Waals surface area contributed by atoms with E-state index in [-0.39, 0.29) is 0 Å². The molecule has 0 spiro atoms. The third-order valence-electron chi connectivity index (χ3n) is 4.11. The summed E-state index contributed by atoms with van der Waals surface area (Å²) in [4.78, 5) is 9.44. The van der Waals surface area contributed by atoms with Gasteiger partial charge in [-0.25, -0.2) is 4.08 Å². The van der Waals surface area contributed by atoms with E-state index in [1.165, 1.54) is 51.4 Å². The maximum absolute atomic E-state index is 10.5. The zero-order valence-corrected chi connectivity index (χ0v) is 18.3. The van der Waals surface area contributed by atoms with Gasteiger partial charge >= 0.3 is 7.82 Å². The van der Waals surface area contributed by atoms with E-state index in [1.54, 1.807) is 24.6 Å². The monoisotopic (exact) mass is 408 g/mol. The normalized spacial score (nSPS) is 14.0. The highest BCUT2D eigenvalue weighted by atomic mass is 35.5. The van der Waals surface area contributed by atoms with E-state index in [2.05, 4.69) is 48.4 Å². The minimum Gasteiger partial charge on any atom is -0.753 e. The topological polar surface area (TPSA) is 58.6 Å². The first kappa shape index (κ1) is 27.0. The molecule has 0 amide bonds. The van der Waals surface area contributed by atoms with Crippen LogP contribution >= 0.6 is 27.0 Å². The van der Waals surface area contributed by atoms with E-state index in [1.807, 2.05) is 0 Å². The summed E-state index contributed by atoms with van der Waals surface area (Å²) >= 11 is 4.15. The van der Waals surface area contributed by atoms with Crippen molar-refractivity contribution in [1.29, 1.82) is 0 Å². The molecule has 0 heterocycles. The first-order valence-electron chi connectivity index (χ1n) is 9.13. The third-order valence-corrected chi connectivity index (χ3v) is 10.0. The maximum Gasteiger partial charge on any atom is 0.319 e. The zero-order valence-electron chi connectivity index (χ0n) is 15.8. The highest BCUT2D eigenvalue weighted by Gasteiger charge is 2.34. The summed E-state index contributed by atoms with van der Waals surface area (Å²) in [6.45, 7) is 9.42. The van der Waals surface area contributed by atoms with Crippen molar-refractivity contribution >= 4 is 27.0 Å². The van der Waals surface area contributed by atoms with Gasteiger partial charge in [-0.2, -0.15) is 0 Å². The van der Waals surface area contributed by atoms with Crippen molar-refractivity contribution in [2.75, 3.05) is 24.6 Å².